The summed E-state index contributed by atoms with van der Waals surface area (Å²) in [7, 11) is 0. The molecule has 0 radical (unpaired) electrons. The second kappa shape index (κ2) is 4.62. The molecule has 1 aliphatic heterocycles. The van der Waals surface area contributed by atoms with E-state index in [1.807, 2.05) is 19.1 Å². The Balaban J connectivity index is 1.76. The lowest BCUT2D eigenvalue weighted by molar-refractivity contribution is 0.368. The van der Waals surface area contributed by atoms with E-state index in [1.54, 1.807) is 0 Å². The first-order chi connectivity index (χ1) is 6.84. The van der Waals surface area contributed by atoms with Gasteiger partial charge in [0.1, 0.15) is 11.5 Å². The molecule has 0 aliphatic carbocycles. The van der Waals surface area contributed by atoms with Gasteiger partial charge >= 0.3 is 0 Å². The van der Waals surface area contributed by atoms with Gasteiger partial charge in [-0.15, -0.1) is 0 Å². The van der Waals surface area contributed by atoms with E-state index >= 15 is 0 Å². The van der Waals surface area contributed by atoms with Crippen molar-refractivity contribution < 1.29 is 4.42 Å². The number of furan rings is 1. The maximum Gasteiger partial charge on any atom is 0.117 e. The molecule has 3 heteroatoms. The Kier molecular flexibility index (Phi) is 3.22. The number of rotatable bonds is 3. The van der Waals surface area contributed by atoms with Crippen molar-refractivity contribution in [2.24, 2.45) is 0 Å². The molecule has 2 heterocycles. The molecule has 1 saturated heterocycles. The third-order valence-electron chi connectivity index (χ3n) is 2.66. The highest BCUT2D eigenvalue weighted by Crippen LogP contribution is 2.07. The maximum atomic E-state index is 5.49. The predicted octanol–water partition coefficient (Wildman–Crippen LogP) is 1.43. The van der Waals surface area contributed by atoms with E-state index in [-0.39, 0.29) is 0 Å². The summed E-state index contributed by atoms with van der Waals surface area (Å²) in [5.41, 5.74) is 0. The summed E-state index contributed by atoms with van der Waals surface area (Å²) in [4.78, 5) is 0. The molecule has 1 fully saturated rings. The van der Waals surface area contributed by atoms with Crippen molar-refractivity contribution in [1.29, 1.82) is 0 Å². The van der Waals surface area contributed by atoms with E-state index in [1.165, 1.54) is 12.8 Å². The van der Waals surface area contributed by atoms with Crippen LogP contribution in [-0.4, -0.2) is 19.1 Å². The van der Waals surface area contributed by atoms with E-state index in [0.29, 0.717) is 6.04 Å². The Labute approximate surface area is 84.9 Å². The van der Waals surface area contributed by atoms with Gasteiger partial charge in [0.15, 0.2) is 0 Å². The van der Waals surface area contributed by atoms with Gasteiger partial charge in [0.05, 0.1) is 6.54 Å². The average molecular weight is 194 g/mol. The Morgan fingerprint density at radius 2 is 2.50 bits per heavy atom. The van der Waals surface area contributed by atoms with Crippen LogP contribution in [0.5, 0.6) is 0 Å². The Bertz CT molecular complexity index is 277. The highest BCUT2D eigenvalue weighted by Gasteiger charge is 2.12. The molecule has 0 bridgehead atoms. The fraction of sp³-hybridized carbons (Fsp3) is 0.636. The summed E-state index contributed by atoms with van der Waals surface area (Å²) in [5.74, 6) is 2.02. The smallest absolute Gasteiger partial charge is 0.117 e. The van der Waals surface area contributed by atoms with Crippen LogP contribution in [0.15, 0.2) is 16.5 Å². The van der Waals surface area contributed by atoms with Crippen LogP contribution in [-0.2, 0) is 6.54 Å². The van der Waals surface area contributed by atoms with Gasteiger partial charge < -0.3 is 15.1 Å². The van der Waals surface area contributed by atoms with Crippen LogP contribution in [0, 0.1) is 6.92 Å². The van der Waals surface area contributed by atoms with Gasteiger partial charge in [0.25, 0.3) is 0 Å². The van der Waals surface area contributed by atoms with Gasteiger partial charge in [0, 0.05) is 12.6 Å². The van der Waals surface area contributed by atoms with Crippen molar-refractivity contribution in [3.05, 3.63) is 23.7 Å². The lowest BCUT2D eigenvalue weighted by atomic mass is 10.1. The van der Waals surface area contributed by atoms with E-state index in [2.05, 4.69) is 10.6 Å². The second-order valence-electron chi connectivity index (χ2n) is 3.94. The Morgan fingerprint density at radius 3 is 3.14 bits per heavy atom. The van der Waals surface area contributed by atoms with Crippen LogP contribution in [0.25, 0.3) is 0 Å². The quantitative estimate of drug-likeness (QED) is 0.764. The van der Waals surface area contributed by atoms with Crippen LogP contribution in [0.2, 0.25) is 0 Å². The number of aryl methyl sites for hydroxylation is 1. The molecule has 2 rings (SSSR count). The molecule has 1 aromatic heterocycles. The van der Waals surface area contributed by atoms with E-state index in [4.69, 9.17) is 4.42 Å². The fourth-order valence-corrected chi connectivity index (χ4v) is 1.85. The van der Waals surface area contributed by atoms with Gasteiger partial charge in [-0.1, -0.05) is 0 Å². The van der Waals surface area contributed by atoms with Crippen molar-refractivity contribution >= 4 is 0 Å². The number of nitrogens with one attached hydrogen (secondary N) is 2. The Morgan fingerprint density at radius 1 is 1.57 bits per heavy atom. The standard InChI is InChI=1S/C11H18N2O/c1-9-4-5-11(14-9)8-13-10-3-2-6-12-7-10/h4-5,10,12-13H,2-3,6-8H2,1H3. The van der Waals surface area contributed by atoms with Crippen molar-refractivity contribution in [3.63, 3.8) is 0 Å². The first-order valence-corrected chi connectivity index (χ1v) is 5.34. The monoisotopic (exact) mass is 194 g/mol. The SMILES string of the molecule is Cc1ccc(CNC2CCCNC2)o1. The molecule has 0 saturated carbocycles. The first-order valence-electron chi connectivity index (χ1n) is 5.34. The number of hydrogen-bond acceptors (Lipinski definition) is 3. The normalized spacial score (nSPS) is 22.5. The number of piperidine rings is 1. The summed E-state index contributed by atoms with van der Waals surface area (Å²) in [6.07, 6.45) is 2.54. The van der Waals surface area contributed by atoms with Gasteiger partial charge in [-0.05, 0) is 38.4 Å². The minimum atomic E-state index is 0.606. The predicted molar refractivity (Wildman–Crippen MR) is 56.2 cm³/mol. The van der Waals surface area contributed by atoms with Crippen molar-refractivity contribution in [2.45, 2.75) is 32.4 Å². The van der Waals surface area contributed by atoms with Crippen molar-refractivity contribution in [2.75, 3.05) is 13.1 Å². The summed E-state index contributed by atoms with van der Waals surface area (Å²) in [6.45, 7) is 5.07. The molecule has 3 nitrogen and oxygen atoms in total. The van der Waals surface area contributed by atoms with Crippen LogP contribution >= 0.6 is 0 Å². The molecule has 1 aliphatic rings. The maximum absolute atomic E-state index is 5.49. The zero-order valence-corrected chi connectivity index (χ0v) is 8.68. The summed E-state index contributed by atoms with van der Waals surface area (Å²) in [6, 6.07) is 4.66. The fourth-order valence-electron chi connectivity index (χ4n) is 1.85. The molecular weight excluding hydrogens is 176 g/mol. The minimum Gasteiger partial charge on any atom is -0.465 e. The zero-order chi connectivity index (χ0) is 9.80. The van der Waals surface area contributed by atoms with Crippen LogP contribution in [0.4, 0.5) is 0 Å². The van der Waals surface area contributed by atoms with Crippen molar-refractivity contribution in [3.8, 4) is 0 Å². The second-order valence-corrected chi connectivity index (χ2v) is 3.94. The molecule has 2 N–H and O–H groups in total. The van der Waals surface area contributed by atoms with E-state index in [0.717, 1.165) is 31.2 Å². The van der Waals surface area contributed by atoms with Crippen LogP contribution < -0.4 is 10.6 Å². The van der Waals surface area contributed by atoms with Gasteiger partial charge in [-0.2, -0.15) is 0 Å². The molecule has 14 heavy (non-hydrogen) atoms. The first kappa shape index (κ1) is 9.74. The van der Waals surface area contributed by atoms with Crippen LogP contribution in [0.3, 0.4) is 0 Å². The minimum absolute atomic E-state index is 0.606. The third-order valence-corrected chi connectivity index (χ3v) is 2.66. The van der Waals surface area contributed by atoms with Crippen molar-refractivity contribution in [1.82, 2.24) is 10.6 Å². The summed E-state index contributed by atoms with van der Waals surface area (Å²) < 4.78 is 5.49. The molecule has 1 aromatic rings. The average Bonchev–Trinajstić information content (AvgIpc) is 2.63. The van der Waals surface area contributed by atoms with Gasteiger partial charge in [-0.25, -0.2) is 0 Å². The van der Waals surface area contributed by atoms with E-state index < -0.39 is 0 Å². The zero-order valence-electron chi connectivity index (χ0n) is 8.68. The van der Waals surface area contributed by atoms with Gasteiger partial charge in [-0.3, -0.25) is 0 Å². The largest absolute Gasteiger partial charge is 0.465 e. The summed E-state index contributed by atoms with van der Waals surface area (Å²) in [5, 5.41) is 6.88. The lowest BCUT2D eigenvalue weighted by Crippen LogP contribution is -2.42. The molecular formula is C11H18N2O. The molecule has 1 unspecified atom stereocenters. The van der Waals surface area contributed by atoms with Crippen LogP contribution in [0.1, 0.15) is 24.4 Å². The summed E-state index contributed by atoms with van der Waals surface area (Å²) >= 11 is 0. The molecule has 1 atom stereocenters. The highest BCUT2D eigenvalue weighted by atomic mass is 16.3. The molecule has 0 aromatic carbocycles. The number of hydrogen-bond donors (Lipinski definition) is 2. The topological polar surface area (TPSA) is 37.2 Å². The third kappa shape index (κ3) is 2.59. The van der Waals surface area contributed by atoms with Gasteiger partial charge in [0.2, 0.25) is 0 Å². The molecule has 0 amide bonds. The Hall–Kier alpha value is -0.800. The lowest BCUT2D eigenvalue weighted by Gasteiger charge is -2.23. The van der Waals surface area contributed by atoms with E-state index in [9.17, 15) is 0 Å². The molecule has 0 spiro atoms. The highest BCUT2D eigenvalue weighted by molar-refractivity contribution is 5.05. The molecule has 78 valence electrons.